The fourth-order valence-corrected chi connectivity index (χ4v) is 4.99. The van der Waals surface area contributed by atoms with Crippen LogP contribution in [-0.4, -0.2) is 63.4 Å². The van der Waals surface area contributed by atoms with E-state index in [0.29, 0.717) is 11.4 Å². The number of aromatic nitrogens is 5. The van der Waals surface area contributed by atoms with Gasteiger partial charge in [-0.25, -0.2) is 4.68 Å². The highest BCUT2D eigenvalue weighted by Crippen LogP contribution is 2.33. The molecule has 1 aliphatic rings. The van der Waals surface area contributed by atoms with Gasteiger partial charge in [0, 0.05) is 37.3 Å². The number of piperazine rings is 1. The fraction of sp³-hybridized carbons (Fsp3) is 0.407. The highest BCUT2D eigenvalue weighted by Gasteiger charge is 2.35. The number of nitrogens with zero attached hydrogens (tertiary/aromatic N) is 6. The number of methoxy groups -OCH3 is 1. The topological polar surface area (TPSA) is 92.2 Å². The molecule has 1 saturated heterocycles. The molecule has 1 aliphatic heterocycles. The molecule has 0 bridgehead atoms. The van der Waals surface area contributed by atoms with Crippen molar-refractivity contribution in [1.82, 2.24) is 30.1 Å². The number of fused-ring (bicyclic) bond motifs is 1. The maximum absolute atomic E-state index is 13.5. The third-order valence-electron chi connectivity index (χ3n) is 6.80. The fourth-order valence-electron chi connectivity index (χ4n) is 4.99. The lowest BCUT2D eigenvalue weighted by Gasteiger charge is -2.40. The number of nitrogens with one attached hydrogen (secondary N) is 1. The molecule has 2 aromatic heterocycles. The number of hydrogen-bond donors (Lipinski definition) is 1. The smallest absolute Gasteiger partial charge is 0.253 e. The largest absolute Gasteiger partial charge is 0.495 e. The average Bonchev–Trinajstić information content (AvgIpc) is 3.35. The summed E-state index contributed by atoms with van der Waals surface area (Å²) in [5.41, 5.74) is 3.21. The molecule has 1 fully saturated rings. The number of ether oxygens (including phenoxy) is 1. The average molecular weight is 488 g/mol. The first-order valence-corrected chi connectivity index (χ1v) is 12.3. The van der Waals surface area contributed by atoms with Gasteiger partial charge in [-0.15, -0.1) is 5.10 Å². The first kappa shape index (κ1) is 24.0. The van der Waals surface area contributed by atoms with Gasteiger partial charge in [-0.05, 0) is 73.3 Å². The quantitative estimate of drug-likeness (QED) is 0.461. The van der Waals surface area contributed by atoms with E-state index in [-0.39, 0.29) is 17.1 Å². The Morgan fingerprint density at radius 1 is 1.03 bits per heavy atom. The van der Waals surface area contributed by atoms with E-state index in [0.717, 1.165) is 54.1 Å². The molecule has 4 aromatic rings. The zero-order chi connectivity index (χ0) is 25.4. The van der Waals surface area contributed by atoms with Crippen molar-refractivity contribution in [2.75, 3.05) is 38.2 Å². The van der Waals surface area contributed by atoms with Crippen LogP contribution in [0.3, 0.4) is 0 Å². The Labute approximate surface area is 210 Å². The molecule has 0 radical (unpaired) electrons. The van der Waals surface area contributed by atoms with Crippen LogP contribution in [0, 0.1) is 6.92 Å². The van der Waals surface area contributed by atoms with Gasteiger partial charge in [-0.1, -0.05) is 24.3 Å². The number of rotatable bonds is 5. The van der Waals surface area contributed by atoms with E-state index in [1.165, 1.54) is 0 Å². The minimum atomic E-state index is -0.381. The van der Waals surface area contributed by atoms with Crippen LogP contribution in [0.4, 0.5) is 5.69 Å². The Bertz CT molecular complexity index is 1430. The lowest BCUT2D eigenvalue weighted by molar-refractivity contribution is 0.190. The normalized spacial score (nSPS) is 15.9. The minimum absolute atomic E-state index is 0.117. The predicted molar refractivity (Wildman–Crippen MR) is 141 cm³/mol. The van der Waals surface area contributed by atoms with Crippen LogP contribution in [0.2, 0.25) is 0 Å². The van der Waals surface area contributed by atoms with Crippen molar-refractivity contribution in [2.24, 2.45) is 0 Å². The van der Waals surface area contributed by atoms with Crippen molar-refractivity contribution in [2.45, 2.75) is 39.3 Å². The van der Waals surface area contributed by atoms with Gasteiger partial charge >= 0.3 is 0 Å². The number of benzene rings is 2. The van der Waals surface area contributed by atoms with Crippen LogP contribution < -0.4 is 15.2 Å². The van der Waals surface area contributed by atoms with Crippen LogP contribution in [0.5, 0.6) is 5.75 Å². The number of para-hydroxylation sites is 2. The molecular formula is C27H33N7O2. The maximum Gasteiger partial charge on any atom is 0.253 e. The number of pyridine rings is 1. The van der Waals surface area contributed by atoms with Crippen LogP contribution >= 0.6 is 0 Å². The van der Waals surface area contributed by atoms with Crippen LogP contribution in [0.15, 0.2) is 53.3 Å². The third kappa shape index (κ3) is 4.46. The summed E-state index contributed by atoms with van der Waals surface area (Å²) in [4.78, 5) is 21.2. The molecule has 9 nitrogen and oxygen atoms in total. The van der Waals surface area contributed by atoms with Gasteiger partial charge in [0.25, 0.3) is 5.56 Å². The van der Waals surface area contributed by atoms with E-state index in [4.69, 9.17) is 4.74 Å². The molecule has 1 atom stereocenters. The summed E-state index contributed by atoms with van der Waals surface area (Å²) < 4.78 is 7.43. The summed E-state index contributed by atoms with van der Waals surface area (Å²) in [6.07, 6.45) is 0. The van der Waals surface area contributed by atoms with Crippen molar-refractivity contribution in [3.05, 3.63) is 75.8 Å². The maximum atomic E-state index is 13.5. The predicted octanol–water partition coefficient (Wildman–Crippen LogP) is 3.50. The standard InChI is InChI=1S/C27H33N7O2/c1-18-10-11-19-17-20(26(35)28-21(19)16-18)24(25-29-30-31-34(25)27(2,3)4)33-14-12-32(13-15-33)22-8-6-7-9-23(22)36-5/h6-11,16-17,24H,12-15H2,1-5H3,(H,28,35). The van der Waals surface area contributed by atoms with Gasteiger partial charge in [0.2, 0.25) is 0 Å². The zero-order valence-electron chi connectivity index (χ0n) is 21.5. The Morgan fingerprint density at radius 2 is 1.78 bits per heavy atom. The molecule has 188 valence electrons. The van der Waals surface area contributed by atoms with Crippen LogP contribution in [0.25, 0.3) is 10.9 Å². The minimum Gasteiger partial charge on any atom is -0.495 e. The molecule has 2 aromatic carbocycles. The summed E-state index contributed by atoms with van der Waals surface area (Å²) in [5.74, 6) is 1.53. The first-order chi connectivity index (χ1) is 17.3. The van der Waals surface area contributed by atoms with E-state index < -0.39 is 0 Å². The summed E-state index contributed by atoms with van der Waals surface area (Å²) in [5, 5.41) is 13.8. The summed E-state index contributed by atoms with van der Waals surface area (Å²) in [6.45, 7) is 11.3. The molecule has 0 amide bonds. The first-order valence-electron chi connectivity index (χ1n) is 12.3. The molecule has 5 rings (SSSR count). The van der Waals surface area contributed by atoms with E-state index in [1.807, 2.05) is 48.0 Å². The molecular weight excluding hydrogens is 454 g/mol. The van der Waals surface area contributed by atoms with Crippen LogP contribution in [0.1, 0.15) is 43.8 Å². The van der Waals surface area contributed by atoms with E-state index in [9.17, 15) is 4.79 Å². The lowest BCUT2D eigenvalue weighted by atomic mass is 10.0. The Kier molecular flexibility index (Phi) is 6.26. The second-order valence-electron chi connectivity index (χ2n) is 10.4. The summed E-state index contributed by atoms with van der Waals surface area (Å²) in [7, 11) is 1.70. The molecule has 3 heterocycles. The van der Waals surface area contributed by atoms with Crippen molar-refractivity contribution in [3.8, 4) is 5.75 Å². The highest BCUT2D eigenvalue weighted by molar-refractivity contribution is 5.79. The number of aromatic amines is 1. The van der Waals surface area contributed by atoms with Gasteiger partial charge < -0.3 is 14.6 Å². The highest BCUT2D eigenvalue weighted by atomic mass is 16.5. The van der Waals surface area contributed by atoms with Gasteiger partial charge in [0.15, 0.2) is 5.82 Å². The molecule has 0 spiro atoms. The van der Waals surface area contributed by atoms with Gasteiger partial charge in [-0.2, -0.15) is 0 Å². The monoisotopic (exact) mass is 487 g/mol. The molecule has 0 aliphatic carbocycles. The molecule has 36 heavy (non-hydrogen) atoms. The van der Waals surface area contributed by atoms with Crippen molar-refractivity contribution in [1.29, 1.82) is 0 Å². The second kappa shape index (κ2) is 9.39. The van der Waals surface area contributed by atoms with Gasteiger partial charge in [0.1, 0.15) is 11.8 Å². The van der Waals surface area contributed by atoms with Crippen molar-refractivity contribution in [3.63, 3.8) is 0 Å². The SMILES string of the molecule is COc1ccccc1N1CCN(C(c2cc3ccc(C)cc3[nH]c2=O)c2nnnn2C(C)(C)C)CC1. The zero-order valence-corrected chi connectivity index (χ0v) is 21.5. The van der Waals surface area contributed by atoms with E-state index in [2.05, 4.69) is 63.2 Å². The number of H-pyrrole nitrogens is 1. The molecule has 0 saturated carbocycles. The van der Waals surface area contributed by atoms with E-state index in [1.54, 1.807) is 7.11 Å². The Hall–Kier alpha value is -3.72. The van der Waals surface area contributed by atoms with Gasteiger partial charge in [0.05, 0.1) is 18.3 Å². The number of tetrazole rings is 1. The van der Waals surface area contributed by atoms with E-state index >= 15 is 0 Å². The molecule has 1 N–H and O–H groups in total. The van der Waals surface area contributed by atoms with Gasteiger partial charge in [-0.3, -0.25) is 9.69 Å². The third-order valence-corrected chi connectivity index (χ3v) is 6.80. The van der Waals surface area contributed by atoms with Crippen molar-refractivity contribution < 1.29 is 4.74 Å². The number of hydrogen-bond acceptors (Lipinski definition) is 7. The number of anilines is 1. The van der Waals surface area contributed by atoms with Crippen LogP contribution in [-0.2, 0) is 5.54 Å². The second-order valence-corrected chi connectivity index (χ2v) is 10.4. The molecule has 9 heteroatoms. The summed E-state index contributed by atoms with van der Waals surface area (Å²) >= 11 is 0. The van der Waals surface area contributed by atoms with Crippen molar-refractivity contribution >= 4 is 16.6 Å². The summed E-state index contributed by atoms with van der Waals surface area (Å²) in [6, 6.07) is 15.8. The Morgan fingerprint density at radius 3 is 2.50 bits per heavy atom. The number of aryl methyl sites for hydroxylation is 1. The Balaban J connectivity index is 1.55. The molecule has 1 unspecified atom stereocenters. The lowest BCUT2D eigenvalue weighted by Crippen LogP contribution is -2.49.